The van der Waals surface area contributed by atoms with Crippen LogP contribution in [0.3, 0.4) is 0 Å². The minimum atomic E-state index is -0.768. The molecule has 146 valence electrons. The van der Waals surface area contributed by atoms with E-state index in [9.17, 15) is 14.7 Å². The highest BCUT2D eigenvalue weighted by Gasteiger charge is 2.14. The molecule has 8 nitrogen and oxygen atoms in total. The van der Waals surface area contributed by atoms with Crippen molar-refractivity contribution in [3.05, 3.63) is 74.4 Å². The summed E-state index contributed by atoms with van der Waals surface area (Å²) in [6.45, 7) is 1.89. The first kappa shape index (κ1) is 20.0. The number of nitrogens with one attached hydrogen (secondary N) is 1. The van der Waals surface area contributed by atoms with Crippen molar-refractivity contribution in [2.75, 3.05) is 7.11 Å². The van der Waals surface area contributed by atoms with Crippen molar-refractivity contribution < 1.29 is 9.84 Å². The van der Waals surface area contributed by atoms with Crippen LogP contribution in [0.4, 0.5) is 5.69 Å². The van der Waals surface area contributed by atoms with E-state index < -0.39 is 17.1 Å². The lowest BCUT2D eigenvalue weighted by atomic mass is 10.2. The molecule has 0 spiro atoms. The Balaban J connectivity index is 2.07. The van der Waals surface area contributed by atoms with E-state index >= 15 is 0 Å². The lowest BCUT2D eigenvalue weighted by molar-refractivity contribution is 0.415. The lowest BCUT2D eigenvalue weighted by Gasteiger charge is -2.10. The van der Waals surface area contributed by atoms with Gasteiger partial charge in [0.15, 0.2) is 0 Å². The average molecular weight is 408 g/mol. The molecule has 0 atom stereocenters. The first-order valence-corrected chi connectivity index (χ1v) is 9.19. The molecule has 0 saturated heterocycles. The highest BCUT2D eigenvalue weighted by Crippen LogP contribution is 2.32. The first-order valence-electron chi connectivity index (χ1n) is 8.38. The molecule has 0 aliphatic rings. The van der Waals surface area contributed by atoms with Gasteiger partial charge in [-0.05, 0) is 49.0 Å². The third-order valence-corrected chi connectivity index (χ3v) is 4.64. The summed E-state index contributed by atoms with van der Waals surface area (Å²) in [6.07, 6.45) is 1.16. The van der Waals surface area contributed by atoms with Crippen molar-refractivity contribution in [3.63, 3.8) is 0 Å². The molecular weight excluding hydrogens is 392 g/mol. The number of aromatic nitrogens is 2. The molecule has 2 N–H and O–H groups in total. The molecule has 0 saturated carbocycles. The number of thioether (sulfide) groups is 1. The number of nitrogens with zero attached hydrogens (tertiary/aromatic N) is 3. The number of hydrogen-bond acceptors (Lipinski definition) is 7. The van der Waals surface area contributed by atoms with E-state index in [1.54, 1.807) is 42.5 Å². The molecule has 3 rings (SSSR count). The topological polar surface area (TPSA) is 120 Å². The van der Waals surface area contributed by atoms with E-state index in [0.717, 1.165) is 28.1 Å². The van der Waals surface area contributed by atoms with Gasteiger partial charge in [0.05, 0.1) is 12.8 Å². The molecular formula is C20H16N4O4S. The van der Waals surface area contributed by atoms with E-state index in [1.807, 2.05) is 12.3 Å². The van der Waals surface area contributed by atoms with Crippen molar-refractivity contribution in [2.45, 2.75) is 11.8 Å². The number of aromatic amines is 1. The predicted molar refractivity (Wildman–Crippen MR) is 111 cm³/mol. The smallest absolute Gasteiger partial charge is 0.335 e. The van der Waals surface area contributed by atoms with Crippen molar-refractivity contribution in [1.29, 1.82) is 5.26 Å². The predicted octanol–water partition coefficient (Wildman–Crippen LogP) is 2.87. The molecule has 1 aromatic heterocycles. The highest BCUT2D eigenvalue weighted by atomic mass is 32.2. The molecule has 0 fully saturated rings. The first-order chi connectivity index (χ1) is 13.9. The van der Waals surface area contributed by atoms with Crippen LogP contribution in [0.1, 0.15) is 11.1 Å². The van der Waals surface area contributed by atoms with Crippen molar-refractivity contribution in [2.24, 2.45) is 4.99 Å². The Morgan fingerprint density at radius 1 is 1.24 bits per heavy atom. The van der Waals surface area contributed by atoms with Gasteiger partial charge in [0.2, 0.25) is 5.88 Å². The summed E-state index contributed by atoms with van der Waals surface area (Å²) >= 11 is 0.976. The summed E-state index contributed by atoms with van der Waals surface area (Å²) in [5, 5.41) is 21.3. The van der Waals surface area contributed by atoms with Gasteiger partial charge in [-0.1, -0.05) is 17.7 Å². The lowest BCUT2D eigenvalue weighted by Crippen LogP contribution is -2.31. The molecule has 0 unspecified atom stereocenters. The van der Waals surface area contributed by atoms with Crippen molar-refractivity contribution in [1.82, 2.24) is 9.55 Å². The van der Waals surface area contributed by atoms with Crippen LogP contribution in [0.15, 0.2) is 61.9 Å². The number of rotatable bonds is 5. The number of H-pyrrole nitrogens is 1. The number of hydrogen-bond donors (Lipinski definition) is 2. The minimum Gasteiger partial charge on any atom is -0.494 e. The number of ether oxygens (including phenoxy) is 1. The summed E-state index contributed by atoms with van der Waals surface area (Å²) in [6, 6.07) is 11.8. The minimum absolute atomic E-state index is 0.178. The molecule has 0 aliphatic carbocycles. The molecule has 0 amide bonds. The van der Waals surface area contributed by atoms with Gasteiger partial charge >= 0.3 is 5.69 Å². The molecule has 0 bridgehead atoms. The largest absolute Gasteiger partial charge is 0.494 e. The second kappa shape index (κ2) is 8.50. The van der Waals surface area contributed by atoms with Gasteiger partial charge in [0, 0.05) is 11.1 Å². The van der Waals surface area contributed by atoms with Gasteiger partial charge in [-0.3, -0.25) is 14.8 Å². The van der Waals surface area contributed by atoms with Crippen LogP contribution < -0.4 is 16.0 Å². The normalized spacial score (nSPS) is 10.8. The standard InChI is InChI=1S/C20H16N4O4S/c1-12-3-5-13(6-4-12)24-19(26)15(18(25)23-20(24)27)10-22-16-8-7-14(29-11-21)9-17(16)28-2/h3-10,26H,1-2H3,(H,23,25,27). The van der Waals surface area contributed by atoms with Gasteiger partial charge in [0.25, 0.3) is 5.56 Å². The number of methoxy groups -OCH3 is 1. The van der Waals surface area contributed by atoms with Gasteiger partial charge in [-0.15, -0.1) is 0 Å². The van der Waals surface area contributed by atoms with Crippen LogP contribution >= 0.6 is 11.8 Å². The molecule has 0 radical (unpaired) electrons. The molecule has 0 aliphatic heterocycles. The summed E-state index contributed by atoms with van der Waals surface area (Å²) in [4.78, 5) is 31.5. The number of aromatic hydroxyl groups is 1. The quantitative estimate of drug-likeness (QED) is 0.380. The molecule has 29 heavy (non-hydrogen) atoms. The second-order valence-corrected chi connectivity index (χ2v) is 6.81. The second-order valence-electron chi connectivity index (χ2n) is 5.95. The molecule has 3 aromatic rings. The summed E-state index contributed by atoms with van der Waals surface area (Å²) in [5.41, 5.74) is 0.0700. The van der Waals surface area contributed by atoms with Gasteiger partial charge in [-0.25, -0.2) is 9.36 Å². The highest BCUT2D eigenvalue weighted by molar-refractivity contribution is 8.03. The maximum Gasteiger partial charge on any atom is 0.335 e. The Morgan fingerprint density at radius 3 is 2.62 bits per heavy atom. The third kappa shape index (κ3) is 4.23. The van der Waals surface area contributed by atoms with E-state index in [4.69, 9.17) is 10.00 Å². The van der Waals surface area contributed by atoms with Crippen LogP contribution in [0.5, 0.6) is 11.6 Å². The number of thiocyanates is 1. The van der Waals surface area contributed by atoms with Gasteiger partial charge < -0.3 is 9.84 Å². The Kier molecular flexibility index (Phi) is 5.85. The van der Waals surface area contributed by atoms with Crippen molar-refractivity contribution in [3.8, 4) is 22.7 Å². The van der Waals surface area contributed by atoms with E-state index in [-0.39, 0.29) is 5.56 Å². The SMILES string of the molecule is COc1cc(SC#N)ccc1N=Cc1c(O)n(-c2ccc(C)cc2)c(=O)[nH]c1=O. The molecule has 1 heterocycles. The number of aryl methyl sites for hydroxylation is 1. The fourth-order valence-electron chi connectivity index (χ4n) is 2.60. The fourth-order valence-corrected chi connectivity index (χ4v) is 3.01. The van der Waals surface area contributed by atoms with Crippen LogP contribution in [-0.4, -0.2) is 28.0 Å². The van der Waals surface area contributed by atoms with E-state index in [2.05, 4.69) is 9.98 Å². The average Bonchev–Trinajstić information content (AvgIpc) is 2.70. The molecule has 2 aromatic carbocycles. The van der Waals surface area contributed by atoms with Crippen molar-refractivity contribution >= 4 is 23.7 Å². The summed E-state index contributed by atoms with van der Waals surface area (Å²) in [7, 11) is 1.46. The third-order valence-electron chi connectivity index (χ3n) is 4.06. The molecule has 9 heteroatoms. The summed E-state index contributed by atoms with van der Waals surface area (Å²) < 4.78 is 6.26. The monoisotopic (exact) mass is 408 g/mol. The number of benzene rings is 2. The zero-order valence-electron chi connectivity index (χ0n) is 15.5. The summed E-state index contributed by atoms with van der Waals surface area (Å²) in [5.74, 6) is -0.133. The number of nitriles is 1. The Labute approximate surface area is 169 Å². The van der Waals surface area contributed by atoms with Crippen LogP contribution in [0.25, 0.3) is 5.69 Å². The maximum absolute atomic E-state index is 12.2. The Hall–Kier alpha value is -3.77. The maximum atomic E-state index is 12.2. The Bertz CT molecular complexity index is 1240. The van der Waals surface area contributed by atoms with Crippen LogP contribution in [-0.2, 0) is 0 Å². The van der Waals surface area contributed by atoms with Gasteiger partial charge in [0.1, 0.15) is 22.4 Å². The van der Waals surface area contributed by atoms with E-state index in [0.29, 0.717) is 22.0 Å². The van der Waals surface area contributed by atoms with Crippen LogP contribution in [0.2, 0.25) is 0 Å². The van der Waals surface area contributed by atoms with Crippen LogP contribution in [0, 0.1) is 17.6 Å². The zero-order chi connectivity index (χ0) is 21.0. The van der Waals surface area contributed by atoms with Gasteiger partial charge in [-0.2, -0.15) is 5.26 Å². The number of aliphatic imine (C=N–C) groups is 1. The zero-order valence-corrected chi connectivity index (χ0v) is 16.4. The van der Waals surface area contributed by atoms with E-state index in [1.165, 1.54) is 7.11 Å². The fraction of sp³-hybridized carbons (Fsp3) is 0.100. The Morgan fingerprint density at radius 2 is 1.97 bits per heavy atom.